The Morgan fingerprint density at radius 3 is 2.83 bits per heavy atom. The summed E-state index contributed by atoms with van der Waals surface area (Å²) in [6.07, 6.45) is 3.43. The van der Waals surface area contributed by atoms with Crippen molar-refractivity contribution in [3.63, 3.8) is 0 Å². The molecule has 0 spiro atoms. The van der Waals surface area contributed by atoms with Gasteiger partial charge in [-0.25, -0.2) is 4.39 Å². The quantitative estimate of drug-likeness (QED) is 0.652. The van der Waals surface area contributed by atoms with Crippen LogP contribution in [-0.4, -0.2) is 6.54 Å². The number of nitrogens with two attached hydrogens (primary N) is 2. The van der Waals surface area contributed by atoms with E-state index in [0.29, 0.717) is 17.8 Å². The second kappa shape index (κ2) is 3.88. The van der Waals surface area contributed by atoms with Crippen LogP contribution in [0, 0.1) is 5.82 Å². The number of anilines is 1. The Bertz CT molecular complexity index is 295. The van der Waals surface area contributed by atoms with E-state index in [0.717, 1.165) is 0 Å². The van der Waals surface area contributed by atoms with Gasteiger partial charge in [0, 0.05) is 12.2 Å². The Hall–Kier alpha value is -1.35. The maximum absolute atomic E-state index is 12.7. The van der Waals surface area contributed by atoms with E-state index in [2.05, 4.69) is 0 Å². The standard InChI is InChI=1S/C9H11FN2/c10-8-3-4-9(12)7(6-8)2-1-5-11/h1-4,6H,5,11-12H2. The maximum Gasteiger partial charge on any atom is 0.123 e. The van der Waals surface area contributed by atoms with Crippen LogP contribution in [0.5, 0.6) is 0 Å². The molecule has 0 aliphatic carbocycles. The molecule has 4 N–H and O–H groups in total. The van der Waals surface area contributed by atoms with Crippen molar-refractivity contribution in [2.45, 2.75) is 0 Å². The molecule has 0 unspecified atom stereocenters. The van der Waals surface area contributed by atoms with E-state index in [4.69, 9.17) is 11.5 Å². The zero-order chi connectivity index (χ0) is 8.97. The molecule has 0 bridgehead atoms. The molecular formula is C9H11FN2. The van der Waals surface area contributed by atoms with Crippen LogP contribution in [0.3, 0.4) is 0 Å². The van der Waals surface area contributed by atoms with Gasteiger partial charge in [0.2, 0.25) is 0 Å². The molecule has 64 valence electrons. The summed E-state index contributed by atoms with van der Waals surface area (Å²) in [5.41, 5.74) is 12.0. The fraction of sp³-hybridized carbons (Fsp3) is 0.111. The first-order valence-corrected chi connectivity index (χ1v) is 3.65. The molecule has 0 radical (unpaired) electrons. The smallest absolute Gasteiger partial charge is 0.123 e. The summed E-state index contributed by atoms with van der Waals surface area (Å²) in [6.45, 7) is 0.427. The summed E-state index contributed by atoms with van der Waals surface area (Å²) < 4.78 is 12.7. The van der Waals surface area contributed by atoms with Gasteiger partial charge in [0.25, 0.3) is 0 Å². The van der Waals surface area contributed by atoms with Gasteiger partial charge in [-0.3, -0.25) is 0 Å². The second-order valence-corrected chi connectivity index (χ2v) is 2.41. The van der Waals surface area contributed by atoms with Crippen molar-refractivity contribution in [2.24, 2.45) is 5.73 Å². The van der Waals surface area contributed by atoms with Gasteiger partial charge >= 0.3 is 0 Å². The van der Waals surface area contributed by atoms with Crippen LogP contribution in [0.4, 0.5) is 10.1 Å². The number of nitrogen functional groups attached to an aromatic ring is 1. The zero-order valence-corrected chi connectivity index (χ0v) is 6.63. The largest absolute Gasteiger partial charge is 0.398 e. The van der Waals surface area contributed by atoms with Crippen molar-refractivity contribution in [2.75, 3.05) is 12.3 Å². The highest BCUT2D eigenvalue weighted by molar-refractivity contribution is 5.64. The van der Waals surface area contributed by atoms with Crippen molar-refractivity contribution >= 4 is 11.8 Å². The molecule has 1 rings (SSSR count). The molecule has 0 saturated heterocycles. The monoisotopic (exact) mass is 166 g/mol. The van der Waals surface area contributed by atoms with E-state index in [-0.39, 0.29) is 5.82 Å². The van der Waals surface area contributed by atoms with Gasteiger partial charge in [-0.15, -0.1) is 0 Å². The summed E-state index contributed by atoms with van der Waals surface area (Å²) in [7, 11) is 0. The maximum atomic E-state index is 12.7. The molecule has 0 saturated carbocycles. The molecule has 0 heterocycles. The minimum Gasteiger partial charge on any atom is -0.398 e. The SMILES string of the molecule is NCC=Cc1cc(F)ccc1N. The van der Waals surface area contributed by atoms with Crippen molar-refractivity contribution in [3.8, 4) is 0 Å². The second-order valence-electron chi connectivity index (χ2n) is 2.41. The van der Waals surface area contributed by atoms with Gasteiger partial charge in [0.15, 0.2) is 0 Å². The van der Waals surface area contributed by atoms with E-state index in [1.165, 1.54) is 18.2 Å². The highest BCUT2D eigenvalue weighted by atomic mass is 19.1. The molecule has 0 fully saturated rings. The van der Waals surface area contributed by atoms with E-state index in [1.807, 2.05) is 0 Å². The van der Waals surface area contributed by atoms with E-state index >= 15 is 0 Å². The molecule has 0 amide bonds. The van der Waals surface area contributed by atoms with Gasteiger partial charge in [0.1, 0.15) is 5.82 Å². The van der Waals surface area contributed by atoms with Crippen LogP contribution in [0.25, 0.3) is 6.08 Å². The van der Waals surface area contributed by atoms with Crippen LogP contribution in [0.2, 0.25) is 0 Å². The molecule has 0 aromatic heterocycles. The summed E-state index contributed by atoms with van der Waals surface area (Å²) in [5, 5.41) is 0. The summed E-state index contributed by atoms with van der Waals surface area (Å²) in [6, 6.07) is 4.24. The van der Waals surface area contributed by atoms with Crippen LogP contribution >= 0.6 is 0 Å². The minimum atomic E-state index is -0.291. The lowest BCUT2D eigenvalue weighted by atomic mass is 10.1. The van der Waals surface area contributed by atoms with Gasteiger partial charge < -0.3 is 11.5 Å². The Morgan fingerprint density at radius 2 is 2.17 bits per heavy atom. The Kier molecular flexibility index (Phi) is 2.82. The topological polar surface area (TPSA) is 52.0 Å². The van der Waals surface area contributed by atoms with Crippen molar-refractivity contribution in [1.29, 1.82) is 0 Å². The predicted octanol–water partition coefficient (Wildman–Crippen LogP) is 1.38. The Balaban J connectivity index is 2.97. The van der Waals surface area contributed by atoms with Crippen LogP contribution < -0.4 is 11.5 Å². The third-order valence-electron chi connectivity index (χ3n) is 1.48. The molecule has 0 aliphatic rings. The molecule has 3 heteroatoms. The fourth-order valence-electron chi connectivity index (χ4n) is 0.885. The molecule has 12 heavy (non-hydrogen) atoms. The van der Waals surface area contributed by atoms with E-state index in [1.54, 1.807) is 12.2 Å². The summed E-state index contributed by atoms with van der Waals surface area (Å²) >= 11 is 0. The summed E-state index contributed by atoms with van der Waals surface area (Å²) in [4.78, 5) is 0. The van der Waals surface area contributed by atoms with Gasteiger partial charge in [0.05, 0.1) is 0 Å². The number of rotatable bonds is 2. The normalized spacial score (nSPS) is 10.8. The number of benzene rings is 1. The minimum absolute atomic E-state index is 0.291. The van der Waals surface area contributed by atoms with Crippen molar-refractivity contribution in [3.05, 3.63) is 35.7 Å². The number of hydrogen-bond donors (Lipinski definition) is 2. The first kappa shape index (κ1) is 8.74. The Labute approximate surface area is 70.7 Å². The molecular weight excluding hydrogens is 155 g/mol. The average Bonchev–Trinajstić information content (AvgIpc) is 2.07. The first-order valence-electron chi connectivity index (χ1n) is 3.65. The lowest BCUT2D eigenvalue weighted by molar-refractivity contribution is 0.628. The molecule has 0 aliphatic heterocycles. The van der Waals surface area contributed by atoms with Gasteiger partial charge in [-0.1, -0.05) is 12.2 Å². The number of hydrogen-bond acceptors (Lipinski definition) is 2. The van der Waals surface area contributed by atoms with Gasteiger partial charge in [-0.05, 0) is 23.8 Å². The van der Waals surface area contributed by atoms with Crippen LogP contribution in [-0.2, 0) is 0 Å². The molecule has 1 aromatic rings. The predicted molar refractivity (Wildman–Crippen MR) is 48.9 cm³/mol. The van der Waals surface area contributed by atoms with Crippen molar-refractivity contribution in [1.82, 2.24) is 0 Å². The van der Waals surface area contributed by atoms with Crippen LogP contribution in [0.15, 0.2) is 24.3 Å². The molecule has 0 atom stereocenters. The lowest BCUT2D eigenvalue weighted by Crippen LogP contribution is -1.94. The van der Waals surface area contributed by atoms with E-state index in [9.17, 15) is 4.39 Å². The fourth-order valence-corrected chi connectivity index (χ4v) is 0.885. The molecule has 1 aromatic carbocycles. The Morgan fingerprint density at radius 1 is 1.42 bits per heavy atom. The van der Waals surface area contributed by atoms with Crippen molar-refractivity contribution < 1.29 is 4.39 Å². The first-order chi connectivity index (χ1) is 5.74. The molecule has 2 nitrogen and oxygen atoms in total. The lowest BCUT2D eigenvalue weighted by Gasteiger charge is -1.98. The average molecular weight is 166 g/mol. The third kappa shape index (κ3) is 2.07. The van der Waals surface area contributed by atoms with Crippen LogP contribution in [0.1, 0.15) is 5.56 Å². The summed E-state index contributed by atoms with van der Waals surface area (Å²) in [5.74, 6) is -0.291. The highest BCUT2D eigenvalue weighted by Gasteiger charge is 1.95. The zero-order valence-electron chi connectivity index (χ0n) is 6.63. The third-order valence-corrected chi connectivity index (χ3v) is 1.48. The van der Waals surface area contributed by atoms with Gasteiger partial charge in [-0.2, -0.15) is 0 Å². The highest BCUT2D eigenvalue weighted by Crippen LogP contribution is 2.14. The van der Waals surface area contributed by atoms with E-state index < -0.39 is 0 Å². The number of halogens is 1.